The summed E-state index contributed by atoms with van der Waals surface area (Å²) >= 11 is 7.61. The van der Waals surface area contributed by atoms with Gasteiger partial charge in [-0.15, -0.1) is 0 Å². The van der Waals surface area contributed by atoms with E-state index < -0.39 is 22.0 Å². The first-order valence-electron chi connectivity index (χ1n) is 10.6. The molecule has 0 bridgehead atoms. The number of para-hydroxylation sites is 1. The molecule has 9 nitrogen and oxygen atoms in total. The van der Waals surface area contributed by atoms with E-state index in [0.29, 0.717) is 9.82 Å². The number of aromatic nitrogens is 1. The van der Waals surface area contributed by atoms with Gasteiger partial charge in [-0.2, -0.15) is 9.30 Å². The smallest absolute Gasteiger partial charge is 0.409 e. The van der Waals surface area contributed by atoms with Gasteiger partial charge in [-0.25, -0.2) is 13.2 Å². The zero-order chi connectivity index (χ0) is 24.5. The van der Waals surface area contributed by atoms with E-state index in [1.165, 1.54) is 44.8 Å². The minimum atomic E-state index is -3.76. The first-order valence-corrected chi connectivity index (χ1v) is 13.2. The maximum absolute atomic E-state index is 13.0. The number of ether oxygens (including phenoxy) is 1. The van der Waals surface area contributed by atoms with E-state index in [1.807, 2.05) is 12.1 Å². The van der Waals surface area contributed by atoms with Crippen LogP contribution in [0.1, 0.15) is 17.3 Å². The maximum atomic E-state index is 13.0. The highest BCUT2D eigenvalue weighted by Crippen LogP contribution is 2.24. The summed E-state index contributed by atoms with van der Waals surface area (Å²) in [6.07, 6.45) is -0.444. The molecule has 4 rings (SSSR count). The van der Waals surface area contributed by atoms with Crippen LogP contribution in [0.25, 0.3) is 10.2 Å². The summed E-state index contributed by atoms with van der Waals surface area (Å²) in [5, 5.41) is 0.572. The van der Waals surface area contributed by atoms with Crippen molar-refractivity contribution in [3.05, 3.63) is 57.9 Å². The molecule has 12 heteroatoms. The number of sulfonamides is 1. The molecular formula is C22H23ClN4O5S2. The number of carbonyl (C=O) groups is 2. The van der Waals surface area contributed by atoms with E-state index in [1.54, 1.807) is 24.6 Å². The van der Waals surface area contributed by atoms with Crippen molar-refractivity contribution in [2.24, 2.45) is 12.0 Å². The van der Waals surface area contributed by atoms with Crippen LogP contribution in [0.4, 0.5) is 4.79 Å². The van der Waals surface area contributed by atoms with Crippen LogP contribution < -0.4 is 4.80 Å². The Bertz CT molecular complexity index is 1410. The molecule has 0 aliphatic carbocycles. The van der Waals surface area contributed by atoms with Crippen molar-refractivity contribution in [3.63, 3.8) is 0 Å². The lowest BCUT2D eigenvalue weighted by atomic mass is 10.2. The van der Waals surface area contributed by atoms with Crippen molar-refractivity contribution in [3.8, 4) is 0 Å². The first kappa shape index (κ1) is 24.4. The third kappa shape index (κ3) is 4.74. The number of fused-ring (bicyclic) bond motifs is 1. The van der Waals surface area contributed by atoms with Crippen molar-refractivity contribution >= 4 is 55.2 Å². The summed E-state index contributed by atoms with van der Waals surface area (Å²) in [6.45, 7) is 2.83. The molecule has 0 saturated carbocycles. The van der Waals surface area contributed by atoms with Gasteiger partial charge in [0, 0.05) is 38.8 Å². The molecule has 0 radical (unpaired) electrons. The van der Waals surface area contributed by atoms with Gasteiger partial charge in [-0.1, -0.05) is 29.0 Å². The first-order chi connectivity index (χ1) is 16.2. The molecular weight excluding hydrogens is 500 g/mol. The van der Waals surface area contributed by atoms with Crippen molar-refractivity contribution in [1.82, 2.24) is 13.8 Å². The SMILES string of the molecule is CCOC(=O)N1CCN(S(=O)(=O)c2ccc(C(=O)N=c3sc4cccc(Cl)c4n3C)cc2)CC1. The molecule has 1 aliphatic rings. The molecule has 0 unspecified atom stereocenters. The molecule has 1 saturated heterocycles. The van der Waals surface area contributed by atoms with E-state index in [9.17, 15) is 18.0 Å². The van der Waals surface area contributed by atoms with Gasteiger partial charge in [0.15, 0.2) is 4.80 Å². The highest BCUT2D eigenvalue weighted by atomic mass is 35.5. The molecule has 2 aromatic carbocycles. The van der Waals surface area contributed by atoms with Crippen LogP contribution in [-0.2, 0) is 21.8 Å². The van der Waals surface area contributed by atoms with Crippen LogP contribution in [-0.4, -0.2) is 67.0 Å². The van der Waals surface area contributed by atoms with Gasteiger partial charge in [0.25, 0.3) is 5.91 Å². The largest absolute Gasteiger partial charge is 0.450 e. The number of hydrogen-bond acceptors (Lipinski definition) is 6. The molecule has 180 valence electrons. The fourth-order valence-corrected chi connectivity index (χ4v) is 6.48. The van der Waals surface area contributed by atoms with Crippen molar-refractivity contribution in [2.45, 2.75) is 11.8 Å². The number of rotatable bonds is 4. The summed E-state index contributed by atoms with van der Waals surface area (Å²) in [6, 6.07) is 11.2. The number of thiazole rings is 1. The van der Waals surface area contributed by atoms with Crippen LogP contribution in [0.15, 0.2) is 52.4 Å². The summed E-state index contributed by atoms with van der Waals surface area (Å²) < 4.78 is 35.0. The number of hydrogen-bond donors (Lipinski definition) is 0. The van der Waals surface area contributed by atoms with Gasteiger partial charge in [0.1, 0.15) is 0 Å². The second-order valence-corrected chi connectivity index (χ2v) is 10.9. The standard InChI is InChI=1S/C22H23ClN4O5S2/c1-3-32-22(29)26-11-13-27(14-12-26)34(30,31)16-9-7-15(8-10-16)20(28)24-21-25(2)19-17(23)5-4-6-18(19)33-21/h4-10H,3,11-14H2,1-2H3. The van der Waals surface area contributed by atoms with Gasteiger partial charge < -0.3 is 14.2 Å². The molecule has 34 heavy (non-hydrogen) atoms. The Morgan fingerprint density at radius 1 is 1.09 bits per heavy atom. The normalized spacial score (nSPS) is 15.6. The van der Waals surface area contributed by atoms with Gasteiger partial charge in [0.05, 0.1) is 26.7 Å². The Hall–Kier alpha value is -2.73. The van der Waals surface area contributed by atoms with Crippen LogP contribution in [0.2, 0.25) is 5.02 Å². The van der Waals surface area contributed by atoms with Crippen LogP contribution in [0.3, 0.4) is 0 Å². The van der Waals surface area contributed by atoms with Crippen molar-refractivity contribution in [2.75, 3.05) is 32.8 Å². The molecule has 2 amide bonds. The number of benzene rings is 2. The second-order valence-electron chi connectivity index (χ2n) is 7.56. The summed E-state index contributed by atoms with van der Waals surface area (Å²) in [7, 11) is -1.97. The van der Waals surface area contributed by atoms with Crippen LogP contribution in [0.5, 0.6) is 0 Å². The zero-order valence-electron chi connectivity index (χ0n) is 18.6. The maximum Gasteiger partial charge on any atom is 0.409 e. The Morgan fingerprint density at radius 2 is 1.76 bits per heavy atom. The lowest BCUT2D eigenvalue weighted by Crippen LogP contribution is -2.50. The van der Waals surface area contributed by atoms with E-state index in [4.69, 9.17) is 16.3 Å². The predicted octanol–water partition coefficient (Wildman–Crippen LogP) is 3.10. The number of amides is 2. The molecule has 0 atom stereocenters. The van der Waals surface area contributed by atoms with E-state index in [-0.39, 0.29) is 43.2 Å². The average molecular weight is 523 g/mol. The number of piperazine rings is 1. The number of nitrogens with zero attached hydrogens (tertiary/aromatic N) is 4. The summed E-state index contributed by atoms with van der Waals surface area (Å²) in [5.41, 5.74) is 1.07. The zero-order valence-corrected chi connectivity index (χ0v) is 21.0. The van der Waals surface area contributed by atoms with Crippen LogP contribution in [0, 0.1) is 0 Å². The Labute approximate surface area is 205 Å². The molecule has 3 aromatic rings. The summed E-state index contributed by atoms with van der Waals surface area (Å²) in [5.74, 6) is -0.481. The van der Waals surface area contributed by atoms with Gasteiger partial charge >= 0.3 is 6.09 Å². The van der Waals surface area contributed by atoms with Gasteiger partial charge in [-0.3, -0.25) is 4.79 Å². The van der Waals surface area contributed by atoms with Crippen LogP contribution >= 0.6 is 22.9 Å². The Balaban J connectivity index is 1.50. The topological polar surface area (TPSA) is 101 Å². The second kappa shape index (κ2) is 9.87. The van der Waals surface area contributed by atoms with Crippen molar-refractivity contribution < 1.29 is 22.7 Å². The van der Waals surface area contributed by atoms with E-state index in [2.05, 4.69) is 4.99 Å². The van der Waals surface area contributed by atoms with Crippen molar-refractivity contribution in [1.29, 1.82) is 0 Å². The Morgan fingerprint density at radius 3 is 2.38 bits per heavy atom. The molecule has 0 spiro atoms. The van der Waals surface area contributed by atoms with E-state index in [0.717, 1.165) is 10.2 Å². The fourth-order valence-electron chi connectivity index (χ4n) is 3.66. The molecule has 1 aromatic heterocycles. The Kier molecular flexibility index (Phi) is 7.08. The lowest BCUT2D eigenvalue weighted by molar-refractivity contribution is 0.0933. The molecule has 2 heterocycles. The number of carbonyl (C=O) groups excluding carboxylic acids is 2. The number of halogens is 1. The summed E-state index contributed by atoms with van der Waals surface area (Å²) in [4.78, 5) is 30.8. The number of aryl methyl sites for hydroxylation is 1. The molecule has 1 aliphatic heterocycles. The molecule has 1 fully saturated rings. The monoisotopic (exact) mass is 522 g/mol. The van der Waals surface area contributed by atoms with E-state index >= 15 is 0 Å². The fraction of sp³-hybridized carbons (Fsp3) is 0.318. The molecule has 0 N–H and O–H groups in total. The average Bonchev–Trinajstić information content (AvgIpc) is 3.15. The van der Waals surface area contributed by atoms with Gasteiger partial charge in [0.2, 0.25) is 10.0 Å². The minimum absolute atomic E-state index is 0.0767. The lowest BCUT2D eigenvalue weighted by Gasteiger charge is -2.33. The highest BCUT2D eigenvalue weighted by Gasteiger charge is 2.30. The minimum Gasteiger partial charge on any atom is -0.450 e. The third-order valence-electron chi connectivity index (χ3n) is 5.47. The quantitative estimate of drug-likeness (QED) is 0.524. The highest BCUT2D eigenvalue weighted by molar-refractivity contribution is 7.89. The predicted molar refractivity (Wildman–Crippen MR) is 129 cm³/mol. The third-order valence-corrected chi connectivity index (χ3v) is 8.79. The van der Waals surface area contributed by atoms with Gasteiger partial charge in [-0.05, 0) is 43.3 Å².